The standard InChI is InChI=1S/C16H20N4OS2/c1-3-14-17-16(19-18-14)22-10-15(21)20-9-8-11(2)23-13-7-5-4-6-12(13)20/h4-7,11H,3,8-10H2,1-2H3,(H,17,18,19). The molecule has 0 bridgehead atoms. The summed E-state index contributed by atoms with van der Waals surface area (Å²) >= 11 is 3.23. The minimum atomic E-state index is 0.111. The van der Waals surface area contributed by atoms with Crippen LogP contribution in [-0.2, 0) is 11.2 Å². The van der Waals surface area contributed by atoms with Gasteiger partial charge in [-0.2, -0.15) is 0 Å². The summed E-state index contributed by atoms with van der Waals surface area (Å²) < 4.78 is 0. The van der Waals surface area contributed by atoms with Crippen LogP contribution in [0.1, 0.15) is 26.1 Å². The molecule has 0 saturated carbocycles. The maximum Gasteiger partial charge on any atom is 0.237 e. The molecule has 1 unspecified atom stereocenters. The van der Waals surface area contributed by atoms with E-state index in [4.69, 9.17) is 0 Å². The van der Waals surface area contributed by atoms with Crippen molar-refractivity contribution in [2.75, 3.05) is 17.2 Å². The summed E-state index contributed by atoms with van der Waals surface area (Å²) in [6.07, 6.45) is 1.81. The van der Waals surface area contributed by atoms with Gasteiger partial charge in [-0.15, -0.1) is 16.9 Å². The van der Waals surface area contributed by atoms with Gasteiger partial charge in [-0.05, 0) is 18.6 Å². The van der Waals surface area contributed by atoms with Crippen LogP contribution in [0, 0.1) is 0 Å². The zero-order valence-corrected chi connectivity index (χ0v) is 14.9. The van der Waals surface area contributed by atoms with Crippen molar-refractivity contribution in [3.8, 4) is 0 Å². The van der Waals surface area contributed by atoms with Crippen LogP contribution in [0.4, 0.5) is 5.69 Å². The van der Waals surface area contributed by atoms with Gasteiger partial charge in [0.1, 0.15) is 5.82 Å². The van der Waals surface area contributed by atoms with Crippen molar-refractivity contribution in [1.29, 1.82) is 0 Å². The van der Waals surface area contributed by atoms with Gasteiger partial charge >= 0.3 is 0 Å². The van der Waals surface area contributed by atoms with E-state index in [2.05, 4.69) is 28.2 Å². The number of aryl methyl sites for hydroxylation is 1. The molecule has 1 N–H and O–H groups in total. The number of benzene rings is 1. The van der Waals surface area contributed by atoms with Crippen molar-refractivity contribution in [2.45, 2.75) is 42.0 Å². The first-order chi connectivity index (χ1) is 11.2. The molecule has 2 heterocycles. The number of H-pyrrole nitrogens is 1. The maximum absolute atomic E-state index is 12.7. The number of carbonyl (C=O) groups is 1. The summed E-state index contributed by atoms with van der Waals surface area (Å²) in [4.78, 5) is 20.1. The number of aromatic amines is 1. The predicted molar refractivity (Wildman–Crippen MR) is 95.2 cm³/mol. The van der Waals surface area contributed by atoms with Crippen molar-refractivity contribution >= 4 is 35.1 Å². The molecule has 1 amide bonds. The molecule has 1 aliphatic heterocycles. The van der Waals surface area contributed by atoms with Crippen LogP contribution in [0.3, 0.4) is 0 Å². The summed E-state index contributed by atoms with van der Waals surface area (Å²) in [5.74, 6) is 1.32. The van der Waals surface area contributed by atoms with E-state index in [-0.39, 0.29) is 5.91 Å². The molecule has 1 atom stereocenters. The second kappa shape index (κ2) is 7.40. The molecule has 7 heteroatoms. The average Bonchev–Trinajstić information content (AvgIpc) is 2.95. The van der Waals surface area contributed by atoms with Gasteiger partial charge in [-0.1, -0.05) is 37.7 Å². The third-order valence-electron chi connectivity index (χ3n) is 3.72. The quantitative estimate of drug-likeness (QED) is 0.858. The number of amides is 1. The van der Waals surface area contributed by atoms with Crippen molar-refractivity contribution < 1.29 is 4.79 Å². The second-order valence-corrected chi connectivity index (χ2v) is 7.86. The Bertz CT molecular complexity index is 688. The van der Waals surface area contributed by atoms with Crippen LogP contribution >= 0.6 is 23.5 Å². The van der Waals surface area contributed by atoms with E-state index >= 15 is 0 Å². The highest BCUT2D eigenvalue weighted by atomic mass is 32.2. The lowest BCUT2D eigenvalue weighted by Crippen LogP contribution is -2.33. The Morgan fingerprint density at radius 2 is 2.30 bits per heavy atom. The van der Waals surface area contributed by atoms with Crippen molar-refractivity contribution in [2.24, 2.45) is 0 Å². The molecule has 0 spiro atoms. The van der Waals surface area contributed by atoms with Crippen molar-refractivity contribution in [1.82, 2.24) is 15.2 Å². The van der Waals surface area contributed by atoms with E-state index < -0.39 is 0 Å². The van der Waals surface area contributed by atoms with Crippen LogP contribution in [0.15, 0.2) is 34.3 Å². The Kier molecular flexibility index (Phi) is 5.27. The summed E-state index contributed by atoms with van der Waals surface area (Å²) in [7, 11) is 0. The predicted octanol–water partition coefficient (Wildman–Crippen LogP) is 3.38. The minimum Gasteiger partial charge on any atom is -0.311 e. The third kappa shape index (κ3) is 3.90. The fourth-order valence-electron chi connectivity index (χ4n) is 2.45. The van der Waals surface area contributed by atoms with E-state index in [1.54, 1.807) is 0 Å². The zero-order chi connectivity index (χ0) is 16.2. The summed E-state index contributed by atoms with van der Waals surface area (Å²) in [6.45, 7) is 5.00. The fraction of sp³-hybridized carbons (Fsp3) is 0.438. The molecular formula is C16H20N4OS2. The Balaban J connectivity index is 1.71. The average molecular weight is 348 g/mol. The molecular weight excluding hydrogens is 328 g/mol. The molecule has 3 rings (SSSR count). The van der Waals surface area contributed by atoms with Gasteiger partial charge in [-0.3, -0.25) is 9.89 Å². The molecule has 122 valence electrons. The number of nitrogens with one attached hydrogen (secondary N) is 1. The van der Waals surface area contributed by atoms with Gasteiger partial charge in [0.25, 0.3) is 0 Å². The molecule has 0 radical (unpaired) electrons. The third-order valence-corrected chi connectivity index (χ3v) is 5.78. The minimum absolute atomic E-state index is 0.111. The maximum atomic E-state index is 12.7. The number of hydrogen-bond acceptors (Lipinski definition) is 5. The summed E-state index contributed by atoms with van der Waals surface area (Å²) in [6, 6.07) is 8.15. The van der Waals surface area contributed by atoms with Crippen LogP contribution in [0.2, 0.25) is 0 Å². The lowest BCUT2D eigenvalue weighted by molar-refractivity contribution is -0.116. The van der Waals surface area contributed by atoms with Crippen molar-refractivity contribution in [3.05, 3.63) is 30.1 Å². The first-order valence-electron chi connectivity index (χ1n) is 7.77. The highest BCUT2D eigenvalue weighted by Gasteiger charge is 2.24. The molecule has 23 heavy (non-hydrogen) atoms. The topological polar surface area (TPSA) is 61.9 Å². The van der Waals surface area contributed by atoms with E-state index in [0.29, 0.717) is 16.2 Å². The number of carbonyl (C=O) groups excluding carboxylic acids is 1. The summed E-state index contributed by atoms with van der Waals surface area (Å²) in [5, 5.41) is 8.17. The van der Waals surface area contributed by atoms with Crippen LogP contribution in [0.25, 0.3) is 0 Å². The number of rotatable bonds is 4. The number of aromatic nitrogens is 3. The van der Waals surface area contributed by atoms with E-state index in [1.165, 1.54) is 16.7 Å². The van der Waals surface area contributed by atoms with Gasteiger partial charge in [0.05, 0.1) is 11.4 Å². The monoisotopic (exact) mass is 348 g/mol. The number of hydrogen-bond donors (Lipinski definition) is 1. The molecule has 1 aliphatic rings. The number of nitrogens with zero attached hydrogens (tertiary/aromatic N) is 3. The van der Waals surface area contributed by atoms with Crippen LogP contribution in [-0.4, -0.2) is 38.6 Å². The second-order valence-electron chi connectivity index (χ2n) is 5.44. The van der Waals surface area contributed by atoms with Gasteiger partial charge in [-0.25, -0.2) is 4.98 Å². The van der Waals surface area contributed by atoms with E-state index in [0.717, 1.165) is 30.9 Å². The normalized spacial score (nSPS) is 17.7. The number of fused-ring (bicyclic) bond motifs is 1. The molecule has 1 aromatic carbocycles. The Morgan fingerprint density at radius 3 is 3.09 bits per heavy atom. The fourth-order valence-corrected chi connectivity index (χ4v) is 4.26. The summed E-state index contributed by atoms with van der Waals surface area (Å²) in [5.41, 5.74) is 1.02. The zero-order valence-electron chi connectivity index (χ0n) is 13.3. The molecule has 0 saturated heterocycles. The smallest absolute Gasteiger partial charge is 0.237 e. The Labute approximate surface area is 144 Å². The van der Waals surface area contributed by atoms with E-state index in [1.807, 2.05) is 41.8 Å². The lowest BCUT2D eigenvalue weighted by atomic mass is 10.2. The highest BCUT2D eigenvalue weighted by molar-refractivity contribution is 8.00. The van der Waals surface area contributed by atoms with Crippen LogP contribution in [0.5, 0.6) is 0 Å². The Hall–Kier alpha value is -1.47. The highest BCUT2D eigenvalue weighted by Crippen LogP contribution is 2.37. The van der Waals surface area contributed by atoms with Crippen LogP contribution < -0.4 is 4.90 Å². The van der Waals surface area contributed by atoms with Gasteiger partial charge in [0.2, 0.25) is 11.1 Å². The number of anilines is 1. The molecule has 0 aliphatic carbocycles. The SMILES string of the molecule is CCc1nc(SCC(=O)N2CCC(C)Sc3ccccc32)n[nH]1. The molecule has 5 nitrogen and oxygen atoms in total. The van der Waals surface area contributed by atoms with E-state index in [9.17, 15) is 4.79 Å². The Morgan fingerprint density at radius 1 is 1.48 bits per heavy atom. The largest absolute Gasteiger partial charge is 0.311 e. The van der Waals surface area contributed by atoms with Gasteiger partial charge in [0.15, 0.2) is 0 Å². The first kappa shape index (κ1) is 16.4. The molecule has 0 fully saturated rings. The van der Waals surface area contributed by atoms with Crippen molar-refractivity contribution in [3.63, 3.8) is 0 Å². The molecule has 2 aromatic rings. The molecule has 1 aromatic heterocycles. The number of thioether (sulfide) groups is 2. The van der Waals surface area contributed by atoms with Gasteiger partial charge < -0.3 is 4.90 Å². The number of para-hydroxylation sites is 1. The lowest BCUT2D eigenvalue weighted by Gasteiger charge is -2.22. The van der Waals surface area contributed by atoms with Gasteiger partial charge in [0, 0.05) is 23.1 Å². The first-order valence-corrected chi connectivity index (χ1v) is 9.64.